The Morgan fingerprint density at radius 3 is 2.52 bits per heavy atom. The normalized spacial score (nSPS) is 10.5. The highest BCUT2D eigenvalue weighted by Gasteiger charge is 2.09. The lowest BCUT2D eigenvalue weighted by molar-refractivity contribution is -0.126. The van der Waals surface area contributed by atoms with Gasteiger partial charge in [-0.2, -0.15) is 5.10 Å². The molecule has 0 radical (unpaired) electrons. The molecule has 0 atom stereocenters. The molecule has 6 nitrogen and oxygen atoms in total. The molecule has 118 valence electrons. The molecule has 0 unspecified atom stereocenters. The number of aryl methyl sites for hydroxylation is 1. The van der Waals surface area contributed by atoms with Crippen LogP contribution in [0.4, 0.5) is 5.69 Å². The Balaban J connectivity index is 1.84. The van der Waals surface area contributed by atoms with Gasteiger partial charge in [-0.1, -0.05) is 30.3 Å². The van der Waals surface area contributed by atoms with E-state index in [9.17, 15) is 14.7 Å². The average Bonchev–Trinajstić information content (AvgIpc) is 2.51. The Morgan fingerprint density at radius 1 is 1.09 bits per heavy atom. The molecule has 6 heteroatoms. The van der Waals surface area contributed by atoms with Gasteiger partial charge in [-0.25, -0.2) is 5.43 Å². The number of aromatic hydroxyl groups is 1. The first-order valence-corrected chi connectivity index (χ1v) is 7.01. The lowest BCUT2D eigenvalue weighted by Gasteiger charge is -2.07. The maximum absolute atomic E-state index is 11.8. The van der Waals surface area contributed by atoms with E-state index < -0.39 is 11.8 Å². The number of hydrogen-bond acceptors (Lipinski definition) is 4. The van der Waals surface area contributed by atoms with E-state index in [-0.39, 0.29) is 12.2 Å². The van der Waals surface area contributed by atoms with Gasteiger partial charge in [-0.15, -0.1) is 0 Å². The number of amides is 2. The number of phenols is 1. The molecule has 0 aliphatic carbocycles. The number of anilines is 1. The molecule has 0 saturated heterocycles. The standard InChI is InChI=1S/C17H17N3O3/c1-12-6-2-4-8-14(12)19-16(22)10-17(23)20-18-11-13-7-3-5-9-15(13)21/h2-9,11,21H,10H2,1H3,(H,19,22)(H,20,23). The summed E-state index contributed by atoms with van der Waals surface area (Å²) < 4.78 is 0. The fourth-order valence-electron chi connectivity index (χ4n) is 1.86. The zero-order valence-corrected chi connectivity index (χ0v) is 12.6. The third-order valence-corrected chi connectivity index (χ3v) is 3.07. The number of hydrogen-bond donors (Lipinski definition) is 3. The molecule has 0 saturated carbocycles. The number of carbonyl (C=O) groups excluding carboxylic acids is 2. The highest BCUT2D eigenvalue weighted by Crippen LogP contribution is 2.13. The Hall–Kier alpha value is -3.15. The van der Waals surface area contributed by atoms with Crippen molar-refractivity contribution in [3.05, 3.63) is 59.7 Å². The molecule has 2 aromatic carbocycles. The Labute approximate surface area is 133 Å². The van der Waals surface area contributed by atoms with Crippen LogP contribution in [0.2, 0.25) is 0 Å². The Kier molecular flexibility index (Phi) is 5.46. The van der Waals surface area contributed by atoms with Crippen molar-refractivity contribution in [2.75, 3.05) is 5.32 Å². The van der Waals surface area contributed by atoms with Crippen LogP contribution in [0.25, 0.3) is 0 Å². The van der Waals surface area contributed by atoms with E-state index >= 15 is 0 Å². The third-order valence-electron chi connectivity index (χ3n) is 3.07. The van der Waals surface area contributed by atoms with Gasteiger partial charge >= 0.3 is 0 Å². The molecule has 0 spiro atoms. The second-order valence-corrected chi connectivity index (χ2v) is 4.89. The molecule has 23 heavy (non-hydrogen) atoms. The zero-order valence-electron chi connectivity index (χ0n) is 12.6. The van der Waals surface area contributed by atoms with Crippen molar-refractivity contribution >= 4 is 23.7 Å². The molecule has 0 aliphatic heterocycles. The summed E-state index contributed by atoms with van der Waals surface area (Å²) in [7, 11) is 0. The lowest BCUT2D eigenvalue weighted by Crippen LogP contribution is -2.24. The summed E-state index contributed by atoms with van der Waals surface area (Å²) in [5.41, 5.74) is 4.30. The van der Waals surface area contributed by atoms with E-state index in [1.54, 1.807) is 30.3 Å². The van der Waals surface area contributed by atoms with Crippen molar-refractivity contribution in [1.82, 2.24) is 5.43 Å². The van der Waals surface area contributed by atoms with Crippen molar-refractivity contribution in [3.63, 3.8) is 0 Å². The smallest absolute Gasteiger partial charge is 0.249 e. The SMILES string of the molecule is Cc1ccccc1NC(=O)CC(=O)NN=Cc1ccccc1O. The minimum Gasteiger partial charge on any atom is -0.507 e. The number of carbonyl (C=O) groups is 2. The van der Waals surface area contributed by atoms with Crippen molar-refractivity contribution < 1.29 is 14.7 Å². The number of nitrogens with one attached hydrogen (secondary N) is 2. The van der Waals surface area contributed by atoms with Crippen molar-refractivity contribution in [1.29, 1.82) is 0 Å². The van der Waals surface area contributed by atoms with Gasteiger partial charge in [0.2, 0.25) is 11.8 Å². The molecular formula is C17H17N3O3. The fourth-order valence-corrected chi connectivity index (χ4v) is 1.86. The number of hydrazone groups is 1. The highest BCUT2D eigenvalue weighted by molar-refractivity contribution is 6.04. The lowest BCUT2D eigenvalue weighted by atomic mass is 10.2. The number of rotatable bonds is 5. The molecule has 0 bridgehead atoms. The first-order valence-electron chi connectivity index (χ1n) is 7.01. The predicted octanol–water partition coefficient (Wildman–Crippen LogP) is 2.18. The van der Waals surface area contributed by atoms with E-state index in [1.807, 2.05) is 19.1 Å². The second kappa shape index (κ2) is 7.74. The van der Waals surface area contributed by atoms with Crippen LogP contribution < -0.4 is 10.7 Å². The molecule has 2 aromatic rings. The summed E-state index contributed by atoms with van der Waals surface area (Å²) in [5.74, 6) is -0.903. The Morgan fingerprint density at radius 2 is 1.78 bits per heavy atom. The van der Waals surface area contributed by atoms with Crippen molar-refractivity contribution in [2.24, 2.45) is 5.10 Å². The van der Waals surface area contributed by atoms with Crippen LogP contribution in [0, 0.1) is 6.92 Å². The summed E-state index contributed by atoms with van der Waals surface area (Å²) >= 11 is 0. The van der Waals surface area contributed by atoms with E-state index in [0.717, 1.165) is 5.56 Å². The predicted molar refractivity (Wildman–Crippen MR) is 88.3 cm³/mol. The highest BCUT2D eigenvalue weighted by atomic mass is 16.3. The summed E-state index contributed by atoms with van der Waals surface area (Å²) in [5, 5.41) is 15.9. The number of phenolic OH excluding ortho intramolecular Hbond substituents is 1. The van der Waals surface area contributed by atoms with E-state index in [1.165, 1.54) is 12.3 Å². The third kappa shape index (κ3) is 4.96. The van der Waals surface area contributed by atoms with Gasteiger partial charge in [0, 0.05) is 11.3 Å². The topological polar surface area (TPSA) is 90.8 Å². The second-order valence-electron chi connectivity index (χ2n) is 4.89. The van der Waals surface area contributed by atoms with Crippen LogP contribution in [-0.2, 0) is 9.59 Å². The molecule has 2 amide bonds. The fraction of sp³-hybridized carbons (Fsp3) is 0.118. The van der Waals surface area contributed by atoms with Crippen LogP contribution in [0.15, 0.2) is 53.6 Å². The molecule has 2 rings (SSSR count). The monoisotopic (exact) mass is 311 g/mol. The van der Waals surface area contributed by atoms with Gasteiger partial charge in [0.05, 0.1) is 6.21 Å². The maximum atomic E-state index is 11.8. The number of nitrogens with zero attached hydrogens (tertiary/aromatic N) is 1. The van der Waals surface area contributed by atoms with Gasteiger partial charge in [0.25, 0.3) is 0 Å². The molecule has 0 aromatic heterocycles. The zero-order chi connectivity index (χ0) is 16.7. The quantitative estimate of drug-likeness (QED) is 0.449. The van der Waals surface area contributed by atoms with Crippen LogP contribution in [0.5, 0.6) is 5.75 Å². The van der Waals surface area contributed by atoms with E-state index in [2.05, 4.69) is 15.8 Å². The summed E-state index contributed by atoms with van der Waals surface area (Å²) in [6.07, 6.45) is 0.971. The maximum Gasteiger partial charge on any atom is 0.249 e. The number of para-hydroxylation sites is 2. The van der Waals surface area contributed by atoms with Gasteiger partial charge < -0.3 is 10.4 Å². The van der Waals surface area contributed by atoms with Gasteiger partial charge in [-0.3, -0.25) is 9.59 Å². The number of benzene rings is 2. The summed E-state index contributed by atoms with van der Waals surface area (Å²) in [6, 6.07) is 13.9. The average molecular weight is 311 g/mol. The van der Waals surface area contributed by atoms with E-state index in [0.29, 0.717) is 11.3 Å². The van der Waals surface area contributed by atoms with Crippen molar-refractivity contribution in [2.45, 2.75) is 13.3 Å². The van der Waals surface area contributed by atoms with Crippen LogP contribution in [0.1, 0.15) is 17.5 Å². The van der Waals surface area contributed by atoms with Gasteiger partial charge in [0.1, 0.15) is 12.2 Å². The first-order chi connectivity index (χ1) is 11.1. The van der Waals surface area contributed by atoms with Crippen molar-refractivity contribution in [3.8, 4) is 5.75 Å². The van der Waals surface area contributed by atoms with Crippen LogP contribution in [-0.4, -0.2) is 23.1 Å². The largest absolute Gasteiger partial charge is 0.507 e. The molecule has 0 heterocycles. The van der Waals surface area contributed by atoms with E-state index in [4.69, 9.17) is 0 Å². The van der Waals surface area contributed by atoms with Crippen LogP contribution >= 0.6 is 0 Å². The minimum absolute atomic E-state index is 0.0581. The summed E-state index contributed by atoms with van der Waals surface area (Å²) in [6.45, 7) is 1.87. The molecule has 3 N–H and O–H groups in total. The summed E-state index contributed by atoms with van der Waals surface area (Å²) in [4.78, 5) is 23.5. The van der Waals surface area contributed by atoms with Gasteiger partial charge in [-0.05, 0) is 30.7 Å². The molecular weight excluding hydrogens is 294 g/mol. The molecule has 0 fully saturated rings. The van der Waals surface area contributed by atoms with Crippen LogP contribution in [0.3, 0.4) is 0 Å². The Bertz CT molecular complexity index is 741. The van der Waals surface area contributed by atoms with Gasteiger partial charge in [0.15, 0.2) is 0 Å². The first kappa shape index (κ1) is 16.2. The molecule has 0 aliphatic rings. The minimum atomic E-state index is -0.539.